The van der Waals surface area contributed by atoms with Gasteiger partial charge >= 0.3 is 0 Å². The van der Waals surface area contributed by atoms with Crippen LogP contribution in [0.4, 0.5) is 4.39 Å². The molecule has 0 atom stereocenters. The van der Waals surface area contributed by atoms with E-state index in [1.165, 1.54) is 12.1 Å². The third-order valence-electron chi connectivity index (χ3n) is 5.21. The average molecular weight is 415 g/mol. The molecule has 31 heavy (non-hydrogen) atoms. The maximum absolute atomic E-state index is 13.5. The van der Waals surface area contributed by atoms with Crippen LogP contribution in [0.3, 0.4) is 0 Å². The fourth-order valence-electron chi connectivity index (χ4n) is 3.61. The quantitative estimate of drug-likeness (QED) is 0.298. The van der Waals surface area contributed by atoms with Crippen LogP contribution in [0, 0.1) is 11.7 Å². The summed E-state index contributed by atoms with van der Waals surface area (Å²) < 4.78 is 19.5. The topological polar surface area (TPSA) is 59.3 Å². The first-order valence-electron chi connectivity index (χ1n) is 10.1. The molecule has 4 nitrogen and oxygen atoms in total. The monoisotopic (exact) mass is 415 g/mol. The minimum atomic E-state index is -0.308. The highest BCUT2D eigenvalue weighted by molar-refractivity contribution is 5.99. The van der Waals surface area contributed by atoms with Crippen LogP contribution >= 0.6 is 0 Å². The van der Waals surface area contributed by atoms with Crippen molar-refractivity contribution in [2.75, 3.05) is 0 Å². The Balaban J connectivity index is 1.83. The maximum Gasteiger partial charge on any atom is 0.207 e. The summed E-state index contributed by atoms with van der Waals surface area (Å²) in [6, 6.07) is 19.7. The summed E-state index contributed by atoms with van der Waals surface area (Å²) in [6.45, 7) is 4.05. The second-order valence-corrected chi connectivity index (χ2v) is 7.76. The highest BCUT2D eigenvalue weighted by atomic mass is 19.1. The van der Waals surface area contributed by atoms with E-state index < -0.39 is 0 Å². The van der Waals surface area contributed by atoms with Gasteiger partial charge in [0.05, 0.1) is 6.54 Å². The van der Waals surface area contributed by atoms with E-state index in [2.05, 4.69) is 5.32 Å². The van der Waals surface area contributed by atoms with Crippen LogP contribution in [0.25, 0.3) is 33.2 Å². The number of rotatable bonds is 7. The molecule has 156 valence electrons. The van der Waals surface area contributed by atoms with Crippen LogP contribution in [0.2, 0.25) is 0 Å². The lowest BCUT2D eigenvalue weighted by Crippen LogP contribution is -2.08. The molecule has 0 unspecified atom stereocenters. The van der Waals surface area contributed by atoms with Crippen LogP contribution in [0.15, 0.2) is 71.1 Å². The van der Waals surface area contributed by atoms with Crippen molar-refractivity contribution in [3.8, 4) is 22.3 Å². The molecule has 1 aromatic heterocycles. The summed E-state index contributed by atoms with van der Waals surface area (Å²) in [4.78, 5) is 22.9. The molecule has 1 N–H and O–H groups in total. The molecule has 0 aliphatic carbocycles. The molecule has 0 spiro atoms. The lowest BCUT2D eigenvalue weighted by molar-refractivity contribution is -0.109. The second-order valence-electron chi connectivity index (χ2n) is 7.76. The van der Waals surface area contributed by atoms with Gasteiger partial charge in [0.1, 0.15) is 17.2 Å². The zero-order valence-corrected chi connectivity index (χ0v) is 17.3. The molecule has 0 saturated carbocycles. The summed E-state index contributed by atoms with van der Waals surface area (Å²) in [7, 11) is 0. The predicted octanol–water partition coefficient (Wildman–Crippen LogP) is 5.99. The first-order valence-corrected chi connectivity index (χ1v) is 10.1. The Kier molecular flexibility index (Phi) is 5.67. The fraction of sp³-hybridized carbons (Fsp3) is 0.154. The molecule has 0 fully saturated rings. The van der Waals surface area contributed by atoms with Gasteiger partial charge < -0.3 is 9.73 Å². The minimum Gasteiger partial charge on any atom is -0.459 e. The number of carbonyl (C=O) groups excluding carboxylic acids is 2. The number of halogens is 1. The Morgan fingerprint density at radius 1 is 0.968 bits per heavy atom. The number of carbonyl (C=O) groups is 2. The van der Waals surface area contributed by atoms with E-state index in [9.17, 15) is 14.0 Å². The molecule has 5 heteroatoms. The van der Waals surface area contributed by atoms with Crippen molar-refractivity contribution in [1.29, 1.82) is 0 Å². The Bertz CT molecular complexity index is 1240. The van der Waals surface area contributed by atoms with E-state index in [1.54, 1.807) is 12.1 Å². The first kappa shape index (κ1) is 20.5. The van der Waals surface area contributed by atoms with Crippen molar-refractivity contribution >= 4 is 23.2 Å². The lowest BCUT2D eigenvalue weighted by atomic mass is 9.94. The van der Waals surface area contributed by atoms with Crippen molar-refractivity contribution in [2.45, 2.75) is 20.4 Å². The van der Waals surface area contributed by atoms with Gasteiger partial charge in [0.25, 0.3) is 0 Å². The molecule has 0 bridgehead atoms. The smallest absolute Gasteiger partial charge is 0.207 e. The van der Waals surface area contributed by atoms with Crippen LogP contribution in [-0.2, 0) is 11.3 Å². The van der Waals surface area contributed by atoms with Crippen molar-refractivity contribution in [1.82, 2.24) is 5.32 Å². The van der Waals surface area contributed by atoms with Gasteiger partial charge in [0, 0.05) is 22.4 Å². The van der Waals surface area contributed by atoms with E-state index in [0.29, 0.717) is 23.3 Å². The van der Waals surface area contributed by atoms with Crippen LogP contribution in [0.5, 0.6) is 0 Å². The van der Waals surface area contributed by atoms with Crippen molar-refractivity contribution in [3.05, 3.63) is 83.9 Å². The van der Waals surface area contributed by atoms with E-state index >= 15 is 0 Å². The van der Waals surface area contributed by atoms with Gasteiger partial charge in [-0.2, -0.15) is 0 Å². The van der Waals surface area contributed by atoms with E-state index in [-0.39, 0.29) is 24.1 Å². The molecule has 4 rings (SSSR count). The van der Waals surface area contributed by atoms with Crippen molar-refractivity contribution < 1.29 is 18.4 Å². The number of amides is 1. The van der Waals surface area contributed by atoms with Gasteiger partial charge in [-0.25, -0.2) is 4.39 Å². The first-order chi connectivity index (χ1) is 15.0. The van der Waals surface area contributed by atoms with Crippen LogP contribution in [0.1, 0.15) is 30.0 Å². The third kappa shape index (κ3) is 4.26. The van der Waals surface area contributed by atoms with E-state index in [1.807, 2.05) is 56.3 Å². The summed E-state index contributed by atoms with van der Waals surface area (Å²) in [5.74, 6) is 0.366. The summed E-state index contributed by atoms with van der Waals surface area (Å²) in [5.41, 5.74) is 4.91. The predicted molar refractivity (Wildman–Crippen MR) is 119 cm³/mol. The Morgan fingerprint density at radius 2 is 1.65 bits per heavy atom. The molecular weight excluding hydrogens is 393 g/mol. The van der Waals surface area contributed by atoms with Gasteiger partial charge in [-0.3, -0.25) is 9.59 Å². The van der Waals surface area contributed by atoms with Gasteiger partial charge in [0.15, 0.2) is 5.78 Å². The number of hydrogen-bond acceptors (Lipinski definition) is 3. The maximum atomic E-state index is 13.5. The molecule has 0 aliphatic rings. The van der Waals surface area contributed by atoms with E-state index in [0.717, 1.165) is 27.6 Å². The molecule has 0 saturated heterocycles. The molecular formula is C26H22FNO3. The second kappa shape index (κ2) is 8.56. The normalized spacial score (nSPS) is 11.1. The summed E-state index contributed by atoms with van der Waals surface area (Å²) in [5, 5.41) is 3.49. The van der Waals surface area contributed by atoms with Crippen molar-refractivity contribution in [3.63, 3.8) is 0 Å². The Labute approximate surface area is 179 Å². The highest BCUT2D eigenvalue weighted by Gasteiger charge is 2.15. The van der Waals surface area contributed by atoms with Gasteiger partial charge in [-0.15, -0.1) is 0 Å². The largest absolute Gasteiger partial charge is 0.459 e. The minimum absolute atomic E-state index is 0.0587. The Hall–Kier alpha value is -3.73. The van der Waals surface area contributed by atoms with Crippen LogP contribution < -0.4 is 5.32 Å². The van der Waals surface area contributed by atoms with E-state index in [4.69, 9.17) is 4.42 Å². The number of nitrogens with one attached hydrogen (secondary N) is 1. The Morgan fingerprint density at radius 3 is 2.29 bits per heavy atom. The zero-order chi connectivity index (χ0) is 22.0. The highest BCUT2D eigenvalue weighted by Crippen LogP contribution is 2.36. The number of Topliss-reactive ketones (excluding diaryl/α,β-unsaturated/α-hetero) is 1. The number of hydrogen-bond donors (Lipinski definition) is 1. The van der Waals surface area contributed by atoms with Crippen molar-refractivity contribution in [2.24, 2.45) is 5.92 Å². The van der Waals surface area contributed by atoms with Gasteiger partial charge in [-0.1, -0.05) is 50.2 Å². The number of benzene rings is 3. The molecule has 0 aliphatic heterocycles. The lowest BCUT2D eigenvalue weighted by Gasteiger charge is -2.09. The summed E-state index contributed by atoms with van der Waals surface area (Å²) >= 11 is 0. The van der Waals surface area contributed by atoms with Gasteiger partial charge in [-0.05, 0) is 47.0 Å². The van der Waals surface area contributed by atoms with Gasteiger partial charge in [0.2, 0.25) is 6.41 Å². The zero-order valence-electron chi connectivity index (χ0n) is 17.3. The molecule has 3 aromatic carbocycles. The SMILES string of the molecule is CC(C)C(=O)c1ccc(-c2cc(-c3ccc(F)cc3)c3oc(CNC=O)cc3c2)cc1. The molecule has 4 aromatic rings. The molecule has 1 amide bonds. The standard InChI is InChI=1S/C26H22FNO3/c1-16(2)25(30)19-5-3-17(4-6-19)20-11-21-12-23(14-28-15-29)31-26(21)24(13-20)18-7-9-22(27)10-8-18/h3-13,15-16H,14H2,1-2H3,(H,28,29). The number of furan rings is 1. The fourth-order valence-corrected chi connectivity index (χ4v) is 3.61. The summed E-state index contributed by atoms with van der Waals surface area (Å²) in [6.07, 6.45) is 0.625. The third-order valence-corrected chi connectivity index (χ3v) is 5.21. The van der Waals surface area contributed by atoms with Crippen LogP contribution in [-0.4, -0.2) is 12.2 Å². The molecule has 1 heterocycles. The number of fused-ring (bicyclic) bond motifs is 1. The average Bonchev–Trinajstić information content (AvgIpc) is 3.20. The number of ketones is 1. The molecule has 0 radical (unpaired) electrons.